The van der Waals surface area contributed by atoms with Crippen LogP contribution in [0.2, 0.25) is 0 Å². The molecule has 0 atom stereocenters. The first-order valence-electron chi connectivity index (χ1n) is 16.2. The number of aryl methyl sites for hydroxylation is 1. The van der Waals surface area contributed by atoms with Crippen LogP contribution >= 0.6 is 11.7 Å². The van der Waals surface area contributed by atoms with Crippen molar-refractivity contribution in [1.29, 1.82) is 0 Å². The van der Waals surface area contributed by atoms with E-state index in [1.165, 1.54) is 0 Å². The molecule has 1 fully saturated rings. The van der Waals surface area contributed by atoms with Crippen molar-refractivity contribution in [1.82, 2.24) is 22.8 Å². The summed E-state index contributed by atoms with van der Waals surface area (Å²) in [6.45, 7) is 9.21. The van der Waals surface area contributed by atoms with Gasteiger partial charge in [0.1, 0.15) is 5.82 Å². The molecular formula is C36H41N7O3S2. The van der Waals surface area contributed by atoms with Gasteiger partial charge in [-0.15, -0.1) is 0 Å². The summed E-state index contributed by atoms with van der Waals surface area (Å²) in [4.78, 5) is 13.1. The molecule has 0 spiro atoms. The first-order valence-corrected chi connectivity index (χ1v) is 18.3. The summed E-state index contributed by atoms with van der Waals surface area (Å²) >= 11 is 0.945. The standard InChI is InChI=1S/C36H41N7O3S2/c1-25-10-16-30(17-11-25)43-33(24-32(39-43)36(2,3)4)38-35(44)37-29-14-12-27(13-15-29)22-28-18-20-42(21-19-28)48(45,46)34-31(40-47-41-34)23-26-8-6-5-7-9-26/h5-17,24,28H,18-23H2,1-4H3,(H2,37,38,44). The Hall–Kier alpha value is -4.39. The number of amides is 2. The van der Waals surface area contributed by atoms with E-state index in [-0.39, 0.29) is 16.5 Å². The van der Waals surface area contributed by atoms with Crippen LogP contribution in [0.4, 0.5) is 16.3 Å². The molecule has 0 saturated carbocycles. The Morgan fingerprint density at radius 3 is 2.25 bits per heavy atom. The average Bonchev–Trinajstić information content (AvgIpc) is 3.71. The predicted octanol–water partition coefficient (Wildman–Crippen LogP) is 7.21. The largest absolute Gasteiger partial charge is 0.324 e. The molecule has 1 saturated heterocycles. The third-order valence-electron chi connectivity index (χ3n) is 8.63. The highest BCUT2D eigenvalue weighted by Crippen LogP contribution is 2.29. The van der Waals surface area contributed by atoms with Crippen molar-refractivity contribution in [2.75, 3.05) is 23.7 Å². The number of benzene rings is 3. The lowest BCUT2D eigenvalue weighted by atomic mass is 9.91. The van der Waals surface area contributed by atoms with Crippen LogP contribution < -0.4 is 10.6 Å². The van der Waals surface area contributed by atoms with Gasteiger partial charge in [-0.3, -0.25) is 5.32 Å². The number of piperidine rings is 1. The van der Waals surface area contributed by atoms with Crippen molar-refractivity contribution < 1.29 is 13.2 Å². The van der Waals surface area contributed by atoms with Gasteiger partial charge in [0.2, 0.25) is 5.03 Å². The number of sulfonamides is 1. The zero-order valence-corrected chi connectivity index (χ0v) is 29.3. The molecule has 250 valence electrons. The first-order chi connectivity index (χ1) is 23.0. The molecule has 10 nitrogen and oxygen atoms in total. The van der Waals surface area contributed by atoms with Gasteiger partial charge in [0, 0.05) is 36.7 Å². The van der Waals surface area contributed by atoms with Gasteiger partial charge >= 0.3 is 6.03 Å². The summed E-state index contributed by atoms with van der Waals surface area (Å²) < 4.78 is 38.8. The Balaban J connectivity index is 1.03. The monoisotopic (exact) mass is 683 g/mol. The molecular weight excluding hydrogens is 643 g/mol. The molecule has 0 bridgehead atoms. The summed E-state index contributed by atoms with van der Waals surface area (Å²) in [5.74, 6) is 0.944. The fraction of sp³-hybridized carbons (Fsp3) is 0.333. The van der Waals surface area contributed by atoms with Crippen LogP contribution in [-0.2, 0) is 28.3 Å². The van der Waals surface area contributed by atoms with E-state index >= 15 is 0 Å². The smallest absolute Gasteiger partial charge is 0.308 e. The second-order valence-electron chi connectivity index (χ2n) is 13.4. The van der Waals surface area contributed by atoms with Crippen LogP contribution in [0.1, 0.15) is 61.7 Å². The van der Waals surface area contributed by atoms with Crippen LogP contribution in [0.3, 0.4) is 0 Å². The number of anilines is 2. The van der Waals surface area contributed by atoms with Gasteiger partial charge in [-0.25, -0.2) is 17.9 Å². The Labute approximate surface area is 286 Å². The fourth-order valence-corrected chi connectivity index (χ4v) is 8.18. The van der Waals surface area contributed by atoms with Crippen LogP contribution in [-0.4, -0.2) is 50.4 Å². The SMILES string of the molecule is Cc1ccc(-n2nc(C(C)(C)C)cc2NC(=O)Nc2ccc(CC3CCN(S(=O)(=O)c4nsnc4Cc4ccccc4)CC3)cc2)cc1. The van der Waals surface area contributed by atoms with E-state index < -0.39 is 10.0 Å². The highest BCUT2D eigenvalue weighted by Gasteiger charge is 2.33. The number of hydrogen-bond donors (Lipinski definition) is 2. The molecule has 0 radical (unpaired) electrons. The van der Waals surface area contributed by atoms with Gasteiger partial charge < -0.3 is 5.32 Å². The summed E-state index contributed by atoms with van der Waals surface area (Å²) in [5, 5.41) is 10.8. The Bertz CT molecular complexity index is 1960. The quantitative estimate of drug-likeness (QED) is 0.169. The molecule has 2 aromatic heterocycles. The molecule has 3 aromatic carbocycles. The predicted molar refractivity (Wildman–Crippen MR) is 190 cm³/mol. The lowest BCUT2D eigenvalue weighted by Gasteiger charge is -2.30. The summed E-state index contributed by atoms with van der Waals surface area (Å²) in [6, 6.07) is 27.1. The second kappa shape index (κ2) is 14.0. The van der Waals surface area contributed by atoms with E-state index in [0.29, 0.717) is 42.6 Å². The topological polar surface area (TPSA) is 122 Å². The van der Waals surface area contributed by atoms with Gasteiger partial charge in [-0.2, -0.15) is 18.2 Å². The zero-order valence-electron chi connectivity index (χ0n) is 27.7. The molecule has 2 N–H and O–H groups in total. The lowest BCUT2D eigenvalue weighted by molar-refractivity contribution is 0.262. The van der Waals surface area contributed by atoms with E-state index in [9.17, 15) is 13.2 Å². The van der Waals surface area contributed by atoms with E-state index in [4.69, 9.17) is 5.10 Å². The van der Waals surface area contributed by atoms with Gasteiger partial charge in [-0.1, -0.05) is 80.9 Å². The Morgan fingerprint density at radius 2 is 1.58 bits per heavy atom. The Morgan fingerprint density at radius 1 is 0.896 bits per heavy atom. The third kappa shape index (κ3) is 7.83. The van der Waals surface area contributed by atoms with Crippen LogP contribution in [0.5, 0.6) is 0 Å². The maximum absolute atomic E-state index is 13.5. The summed E-state index contributed by atoms with van der Waals surface area (Å²) in [7, 11) is -3.71. The normalized spacial score (nSPS) is 14.6. The van der Waals surface area contributed by atoms with Gasteiger partial charge in [-0.05, 0) is 67.5 Å². The molecule has 0 aliphatic carbocycles. The summed E-state index contributed by atoms with van der Waals surface area (Å²) in [5.41, 5.74) is 6.03. The van der Waals surface area contributed by atoms with Crippen molar-refractivity contribution in [3.05, 3.63) is 113 Å². The summed E-state index contributed by atoms with van der Waals surface area (Å²) in [6.07, 6.45) is 2.80. The minimum absolute atomic E-state index is 0.0798. The van der Waals surface area contributed by atoms with Crippen molar-refractivity contribution >= 4 is 39.3 Å². The number of urea groups is 1. The van der Waals surface area contributed by atoms with E-state index in [2.05, 4.69) is 40.2 Å². The van der Waals surface area contributed by atoms with Crippen LogP contribution in [0.25, 0.3) is 5.69 Å². The fourth-order valence-electron chi connectivity index (χ4n) is 5.82. The van der Waals surface area contributed by atoms with Crippen molar-refractivity contribution in [2.45, 2.75) is 63.8 Å². The van der Waals surface area contributed by atoms with Gasteiger partial charge in [0.25, 0.3) is 10.0 Å². The van der Waals surface area contributed by atoms with Crippen molar-refractivity contribution in [3.8, 4) is 5.69 Å². The minimum atomic E-state index is -3.71. The molecule has 1 aliphatic rings. The molecule has 2 amide bonds. The average molecular weight is 684 g/mol. The molecule has 48 heavy (non-hydrogen) atoms. The number of rotatable bonds is 9. The number of hydrogen-bond acceptors (Lipinski definition) is 7. The number of carbonyl (C=O) groups excluding carboxylic acids is 1. The number of nitrogens with zero attached hydrogens (tertiary/aromatic N) is 5. The third-order valence-corrected chi connectivity index (χ3v) is 11.2. The van der Waals surface area contributed by atoms with E-state index in [1.54, 1.807) is 8.99 Å². The molecule has 12 heteroatoms. The molecule has 6 rings (SSSR count). The Kier molecular flexibility index (Phi) is 9.77. The second-order valence-corrected chi connectivity index (χ2v) is 15.8. The number of nitrogens with one attached hydrogen (secondary N) is 2. The maximum Gasteiger partial charge on any atom is 0.324 e. The van der Waals surface area contributed by atoms with Crippen molar-refractivity contribution in [3.63, 3.8) is 0 Å². The molecule has 0 unspecified atom stereocenters. The highest BCUT2D eigenvalue weighted by molar-refractivity contribution is 7.89. The highest BCUT2D eigenvalue weighted by atomic mass is 32.2. The first kappa shape index (κ1) is 33.5. The van der Waals surface area contributed by atoms with Gasteiger partial charge in [0.05, 0.1) is 28.8 Å². The zero-order chi connectivity index (χ0) is 33.9. The molecule has 5 aromatic rings. The van der Waals surface area contributed by atoms with Gasteiger partial charge in [0.15, 0.2) is 0 Å². The number of carbonyl (C=O) groups is 1. The van der Waals surface area contributed by atoms with Crippen molar-refractivity contribution in [2.24, 2.45) is 5.92 Å². The minimum Gasteiger partial charge on any atom is -0.308 e. The van der Waals surface area contributed by atoms with Crippen LogP contribution in [0, 0.1) is 12.8 Å². The number of aromatic nitrogens is 4. The molecule has 3 heterocycles. The van der Waals surface area contributed by atoms with E-state index in [0.717, 1.165) is 59.1 Å². The maximum atomic E-state index is 13.5. The molecule has 1 aliphatic heterocycles. The lowest BCUT2D eigenvalue weighted by Crippen LogP contribution is -2.39. The van der Waals surface area contributed by atoms with Crippen LogP contribution in [0.15, 0.2) is 90.0 Å². The van der Waals surface area contributed by atoms with E-state index in [1.807, 2.05) is 91.9 Å².